The lowest BCUT2D eigenvalue weighted by Crippen LogP contribution is -1.98. The normalized spacial score (nSPS) is 12.3. The molecule has 0 aliphatic heterocycles. The van der Waals surface area contributed by atoms with E-state index in [1.54, 1.807) is 7.11 Å². The first-order valence-electron chi connectivity index (χ1n) is 6.07. The highest BCUT2D eigenvalue weighted by atomic mass is 79.9. The summed E-state index contributed by atoms with van der Waals surface area (Å²) in [5, 5.41) is 0. The highest BCUT2D eigenvalue weighted by Crippen LogP contribution is 2.38. The lowest BCUT2D eigenvalue weighted by molar-refractivity contribution is 0.410. The fourth-order valence-electron chi connectivity index (χ4n) is 2.00. The van der Waals surface area contributed by atoms with Crippen molar-refractivity contribution in [2.45, 2.75) is 18.7 Å². The summed E-state index contributed by atoms with van der Waals surface area (Å²) in [7, 11) is 1.71. The summed E-state index contributed by atoms with van der Waals surface area (Å²) >= 11 is 7.36. The van der Waals surface area contributed by atoms with Gasteiger partial charge in [0, 0.05) is 10.0 Å². The van der Waals surface area contributed by atoms with Gasteiger partial charge in [0.05, 0.1) is 11.9 Å². The van der Waals surface area contributed by atoms with E-state index in [2.05, 4.69) is 76.0 Å². The van der Waals surface area contributed by atoms with Gasteiger partial charge in [-0.25, -0.2) is 0 Å². The van der Waals surface area contributed by atoms with Crippen molar-refractivity contribution in [1.82, 2.24) is 0 Å². The van der Waals surface area contributed by atoms with Gasteiger partial charge in [-0.15, -0.1) is 0 Å². The molecule has 2 rings (SSSR count). The summed E-state index contributed by atoms with van der Waals surface area (Å²) in [6.07, 6.45) is 0. The van der Waals surface area contributed by atoms with E-state index in [0.29, 0.717) is 0 Å². The quantitative estimate of drug-likeness (QED) is 0.630. The van der Waals surface area contributed by atoms with E-state index in [1.165, 1.54) is 16.7 Å². The van der Waals surface area contributed by atoms with Crippen LogP contribution in [0.4, 0.5) is 0 Å². The molecule has 2 aromatic carbocycles. The minimum atomic E-state index is 0.124. The van der Waals surface area contributed by atoms with E-state index >= 15 is 0 Å². The first-order valence-corrected chi connectivity index (χ1v) is 7.78. The van der Waals surface area contributed by atoms with Crippen molar-refractivity contribution in [3.8, 4) is 5.75 Å². The maximum absolute atomic E-state index is 5.46. The Balaban J connectivity index is 2.45. The molecule has 1 atom stereocenters. The number of hydrogen-bond donors (Lipinski definition) is 0. The number of benzene rings is 2. The van der Waals surface area contributed by atoms with E-state index in [0.717, 1.165) is 15.8 Å². The first-order chi connectivity index (χ1) is 9.02. The zero-order valence-electron chi connectivity index (χ0n) is 11.2. The summed E-state index contributed by atoms with van der Waals surface area (Å²) in [5.74, 6) is 0.907. The predicted octanol–water partition coefficient (Wildman–Crippen LogP) is 5.56. The summed E-state index contributed by atoms with van der Waals surface area (Å²) in [5.41, 5.74) is 4.82. The Hall–Kier alpha value is -0.800. The summed E-state index contributed by atoms with van der Waals surface area (Å²) in [4.78, 5) is 0.124. The smallest absolute Gasteiger partial charge is 0.123 e. The van der Waals surface area contributed by atoms with Crippen molar-refractivity contribution in [2.24, 2.45) is 0 Å². The predicted molar refractivity (Wildman–Crippen MR) is 87.4 cm³/mol. The molecule has 0 amide bonds. The first kappa shape index (κ1) is 14.6. The minimum absolute atomic E-state index is 0.124. The van der Waals surface area contributed by atoms with Crippen LogP contribution in [-0.2, 0) is 0 Å². The molecule has 0 aromatic heterocycles. The molecule has 3 heteroatoms. The molecule has 0 bridgehead atoms. The van der Waals surface area contributed by atoms with Gasteiger partial charge >= 0.3 is 0 Å². The van der Waals surface area contributed by atoms with Gasteiger partial charge in [0.1, 0.15) is 5.75 Å². The number of aryl methyl sites for hydroxylation is 2. The zero-order chi connectivity index (χ0) is 14.0. The fraction of sp³-hybridized carbons (Fsp3) is 0.250. The average molecular weight is 384 g/mol. The van der Waals surface area contributed by atoms with Gasteiger partial charge in [0.2, 0.25) is 0 Å². The van der Waals surface area contributed by atoms with Crippen molar-refractivity contribution in [2.75, 3.05) is 7.11 Å². The molecule has 0 aliphatic carbocycles. The van der Waals surface area contributed by atoms with Crippen LogP contribution in [0.25, 0.3) is 0 Å². The minimum Gasteiger partial charge on any atom is -0.496 e. The lowest BCUT2D eigenvalue weighted by atomic mass is 10.0. The number of halogens is 2. The van der Waals surface area contributed by atoms with Crippen molar-refractivity contribution in [3.05, 3.63) is 63.1 Å². The van der Waals surface area contributed by atoms with Gasteiger partial charge in [-0.05, 0) is 37.1 Å². The largest absolute Gasteiger partial charge is 0.496 e. The number of hydrogen-bond acceptors (Lipinski definition) is 1. The second-order valence-electron chi connectivity index (χ2n) is 4.62. The Bertz CT molecular complexity index is 593. The Morgan fingerprint density at radius 1 is 1.05 bits per heavy atom. The Kier molecular flexibility index (Phi) is 4.69. The van der Waals surface area contributed by atoms with Crippen LogP contribution in [-0.4, -0.2) is 7.11 Å². The van der Waals surface area contributed by atoms with Gasteiger partial charge in [-0.2, -0.15) is 0 Å². The second-order valence-corrected chi connectivity index (χ2v) is 6.39. The molecule has 0 spiro atoms. The van der Waals surface area contributed by atoms with Gasteiger partial charge in [0.25, 0.3) is 0 Å². The zero-order valence-corrected chi connectivity index (χ0v) is 14.4. The van der Waals surface area contributed by atoms with Crippen LogP contribution < -0.4 is 4.74 Å². The van der Waals surface area contributed by atoms with Crippen molar-refractivity contribution >= 4 is 31.9 Å². The molecular formula is C16H16Br2O. The summed E-state index contributed by atoms with van der Waals surface area (Å²) in [6.45, 7) is 4.18. The molecule has 2 aromatic rings. The van der Waals surface area contributed by atoms with Crippen LogP contribution in [0.1, 0.15) is 27.1 Å². The van der Waals surface area contributed by atoms with E-state index in [4.69, 9.17) is 4.74 Å². The molecule has 0 saturated heterocycles. The molecule has 0 heterocycles. The average Bonchev–Trinajstić information content (AvgIpc) is 2.41. The third-order valence-corrected chi connectivity index (χ3v) is 5.02. The molecule has 0 aliphatic rings. The summed E-state index contributed by atoms with van der Waals surface area (Å²) in [6, 6.07) is 12.6. The van der Waals surface area contributed by atoms with Crippen LogP contribution in [0.3, 0.4) is 0 Å². The molecule has 0 radical (unpaired) electrons. The van der Waals surface area contributed by atoms with Crippen molar-refractivity contribution in [3.63, 3.8) is 0 Å². The maximum Gasteiger partial charge on any atom is 0.123 e. The van der Waals surface area contributed by atoms with E-state index in [1.807, 2.05) is 6.07 Å². The lowest BCUT2D eigenvalue weighted by Gasteiger charge is -2.16. The van der Waals surface area contributed by atoms with Gasteiger partial charge < -0.3 is 4.74 Å². The van der Waals surface area contributed by atoms with E-state index < -0.39 is 0 Å². The Morgan fingerprint density at radius 3 is 2.42 bits per heavy atom. The monoisotopic (exact) mass is 382 g/mol. The second kappa shape index (κ2) is 6.10. The van der Waals surface area contributed by atoms with E-state index in [-0.39, 0.29) is 4.83 Å². The fourth-order valence-corrected chi connectivity index (χ4v) is 3.04. The van der Waals surface area contributed by atoms with Crippen LogP contribution >= 0.6 is 31.9 Å². The van der Waals surface area contributed by atoms with Crippen LogP contribution in [0, 0.1) is 13.8 Å². The molecule has 0 saturated carbocycles. The third kappa shape index (κ3) is 3.21. The molecular weight excluding hydrogens is 368 g/mol. The molecule has 19 heavy (non-hydrogen) atoms. The number of methoxy groups -OCH3 is 1. The molecule has 0 N–H and O–H groups in total. The van der Waals surface area contributed by atoms with Crippen molar-refractivity contribution < 1.29 is 4.74 Å². The van der Waals surface area contributed by atoms with Gasteiger partial charge in [-0.3, -0.25) is 0 Å². The molecule has 0 fully saturated rings. The molecule has 1 nitrogen and oxygen atoms in total. The van der Waals surface area contributed by atoms with Crippen LogP contribution in [0.15, 0.2) is 40.9 Å². The number of ether oxygens (including phenoxy) is 1. The van der Waals surface area contributed by atoms with E-state index in [9.17, 15) is 0 Å². The third-order valence-electron chi connectivity index (χ3n) is 3.15. The highest BCUT2D eigenvalue weighted by Gasteiger charge is 2.16. The molecule has 100 valence electrons. The van der Waals surface area contributed by atoms with Crippen molar-refractivity contribution in [1.29, 1.82) is 0 Å². The summed E-state index contributed by atoms with van der Waals surface area (Å²) < 4.78 is 6.58. The van der Waals surface area contributed by atoms with Gasteiger partial charge in [0.15, 0.2) is 0 Å². The van der Waals surface area contributed by atoms with Gasteiger partial charge in [-0.1, -0.05) is 61.7 Å². The topological polar surface area (TPSA) is 9.23 Å². The Morgan fingerprint density at radius 2 is 1.79 bits per heavy atom. The highest BCUT2D eigenvalue weighted by molar-refractivity contribution is 9.10. The van der Waals surface area contributed by atoms with Crippen LogP contribution in [0.2, 0.25) is 0 Å². The number of alkyl halides is 1. The standard InChI is InChI=1S/C16H16Br2O/c1-10-4-7-15(19-3)13(8-10)16(18)12-6-5-11(2)14(17)9-12/h4-9,16H,1-3H3. The molecule has 1 unspecified atom stereocenters. The van der Waals surface area contributed by atoms with Crippen LogP contribution in [0.5, 0.6) is 5.75 Å². The Labute approximate surface area is 131 Å². The number of rotatable bonds is 3. The SMILES string of the molecule is COc1ccc(C)cc1C(Br)c1ccc(C)c(Br)c1. The maximum atomic E-state index is 5.46.